The highest BCUT2D eigenvalue weighted by Crippen LogP contribution is 2.30. The van der Waals surface area contributed by atoms with Crippen LogP contribution in [0.1, 0.15) is 31.2 Å². The van der Waals surface area contributed by atoms with Gasteiger partial charge >= 0.3 is 0 Å². The zero-order chi connectivity index (χ0) is 26.0. The monoisotopic (exact) mass is 505 g/mol. The van der Waals surface area contributed by atoms with Gasteiger partial charge in [-0.15, -0.1) is 0 Å². The second kappa shape index (κ2) is 12.7. The Bertz CT molecular complexity index is 1450. The molecule has 1 heterocycles. The van der Waals surface area contributed by atoms with Crippen molar-refractivity contribution in [3.63, 3.8) is 0 Å². The van der Waals surface area contributed by atoms with Gasteiger partial charge in [-0.25, -0.2) is 10.5 Å². The Kier molecular flexibility index (Phi) is 8.44. The molecule has 0 radical (unpaired) electrons. The van der Waals surface area contributed by atoms with Gasteiger partial charge in [0.15, 0.2) is 0 Å². The van der Waals surface area contributed by atoms with Crippen LogP contribution in [0, 0.1) is 0 Å². The van der Waals surface area contributed by atoms with Crippen molar-refractivity contribution in [3.05, 3.63) is 115 Å². The minimum Gasteiger partial charge on any atom is -0.494 e. The van der Waals surface area contributed by atoms with Gasteiger partial charge in [-0.05, 0) is 49.1 Å². The summed E-state index contributed by atoms with van der Waals surface area (Å²) in [6.07, 6.45) is 2.97. The highest BCUT2D eigenvalue weighted by Gasteiger charge is 2.15. The smallest absolute Gasteiger partial charge is 0.243 e. The summed E-state index contributed by atoms with van der Waals surface area (Å²) in [7, 11) is 0. The largest absolute Gasteiger partial charge is 0.494 e. The van der Waals surface area contributed by atoms with Gasteiger partial charge in [0.05, 0.1) is 24.2 Å². The minimum absolute atomic E-state index is 0.101. The zero-order valence-electron chi connectivity index (χ0n) is 21.3. The third-order valence-corrected chi connectivity index (χ3v) is 6.26. The molecule has 4 aromatic carbocycles. The number of rotatable bonds is 12. The van der Waals surface area contributed by atoms with Crippen LogP contribution in [0.3, 0.4) is 0 Å². The summed E-state index contributed by atoms with van der Waals surface area (Å²) >= 11 is 0. The van der Waals surface area contributed by atoms with Crippen LogP contribution in [0.2, 0.25) is 0 Å². The molecule has 1 amide bonds. The summed E-state index contributed by atoms with van der Waals surface area (Å²) in [5, 5.41) is 0. The maximum Gasteiger partial charge on any atom is 0.243 e. The van der Waals surface area contributed by atoms with E-state index < -0.39 is 0 Å². The fourth-order valence-corrected chi connectivity index (χ4v) is 4.34. The van der Waals surface area contributed by atoms with Crippen LogP contribution in [-0.4, -0.2) is 22.1 Å². The molecule has 0 aliphatic rings. The van der Waals surface area contributed by atoms with E-state index in [4.69, 9.17) is 14.6 Å². The minimum atomic E-state index is -0.101. The normalized spacial score (nSPS) is 10.9. The molecular formula is C32H31N3O3. The van der Waals surface area contributed by atoms with E-state index in [1.165, 1.54) is 0 Å². The highest BCUT2D eigenvalue weighted by atomic mass is 16.6. The Morgan fingerprint density at radius 3 is 2.26 bits per heavy atom. The van der Waals surface area contributed by atoms with Crippen LogP contribution in [0.25, 0.3) is 28.1 Å². The first-order chi connectivity index (χ1) is 18.8. The van der Waals surface area contributed by atoms with Gasteiger partial charge in [-0.1, -0.05) is 78.9 Å². The Morgan fingerprint density at radius 2 is 1.50 bits per heavy atom. The number of nitrogens with zero attached hydrogens (tertiary/aromatic N) is 2. The fraction of sp³-hybridized carbons (Fsp3) is 0.188. The summed E-state index contributed by atoms with van der Waals surface area (Å²) in [6.45, 7) is 0.948. The number of carbonyl (C=O) groups is 1. The molecule has 5 rings (SSSR count). The van der Waals surface area contributed by atoms with Crippen molar-refractivity contribution in [1.82, 2.24) is 15.0 Å². The van der Waals surface area contributed by atoms with E-state index in [1.54, 1.807) is 0 Å². The number of hydroxylamine groups is 1. The average Bonchev–Trinajstić information content (AvgIpc) is 3.35. The van der Waals surface area contributed by atoms with E-state index in [2.05, 4.69) is 40.4 Å². The van der Waals surface area contributed by atoms with Gasteiger partial charge in [0.25, 0.3) is 0 Å². The quantitative estimate of drug-likeness (QED) is 0.148. The molecule has 0 atom stereocenters. The van der Waals surface area contributed by atoms with Crippen LogP contribution in [0.15, 0.2) is 109 Å². The van der Waals surface area contributed by atoms with Crippen molar-refractivity contribution >= 4 is 16.9 Å². The number of amides is 1. The fourth-order valence-electron chi connectivity index (χ4n) is 4.34. The average molecular weight is 506 g/mol. The first-order valence-electron chi connectivity index (χ1n) is 13.0. The molecule has 0 saturated heterocycles. The number of ether oxygens (including phenoxy) is 1. The number of unbranched alkanes of at least 4 members (excludes halogenated alkanes) is 2. The molecule has 5 aromatic rings. The molecule has 0 spiro atoms. The van der Waals surface area contributed by atoms with E-state index in [-0.39, 0.29) is 5.91 Å². The van der Waals surface area contributed by atoms with Gasteiger partial charge in [-0.3, -0.25) is 14.2 Å². The van der Waals surface area contributed by atoms with Gasteiger partial charge in [0.1, 0.15) is 11.6 Å². The van der Waals surface area contributed by atoms with Crippen LogP contribution >= 0.6 is 0 Å². The molecule has 1 aromatic heterocycles. The lowest BCUT2D eigenvalue weighted by atomic mass is 10.2. The molecule has 192 valence electrons. The molecule has 0 unspecified atom stereocenters. The lowest BCUT2D eigenvalue weighted by Crippen LogP contribution is -2.23. The van der Waals surface area contributed by atoms with Crippen LogP contribution < -0.4 is 10.2 Å². The van der Waals surface area contributed by atoms with E-state index in [9.17, 15) is 4.79 Å². The lowest BCUT2D eigenvalue weighted by molar-refractivity contribution is -0.134. The van der Waals surface area contributed by atoms with Gasteiger partial charge in [-0.2, -0.15) is 0 Å². The second-order valence-electron chi connectivity index (χ2n) is 9.08. The van der Waals surface area contributed by atoms with E-state index in [1.807, 2.05) is 78.9 Å². The van der Waals surface area contributed by atoms with E-state index in [0.717, 1.165) is 58.7 Å². The standard InChI is InChI=1S/C32H31N3O3/c36-31(34-38-24-25-13-5-1-6-14-25)19-11-4-12-22-37-28-20-21-29-30(23-28)35(27-17-9-3-10-18-27)32(33-29)26-15-7-2-8-16-26/h1-3,5-10,13-18,20-21,23H,4,11-12,19,22,24H2,(H,34,36). The topological polar surface area (TPSA) is 65.4 Å². The molecule has 6 heteroatoms. The molecule has 0 fully saturated rings. The summed E-state index contributed by atoms with van der Waals surface area (Å²) in [5.74, 6) is 1.60. The van der Waals surface area contributed by atoms with Crippen molar-refractivity contribution in [2.45, 2.75) is 32.3 Å². The summed E-state index contributed by atoms with van der Waals surface area (Å²) < 4.78 is 8.25. The van der Waals surface area contributed by atoms with Gasteiger partial charge in [0, 0.05) is 23.7 Å². The third-order valence-electron chi connectivity index (χ3n) is 6.26. The number of para-hydroxylation sites is 1. The van der Waals surface area contributed by atoms with E-state index >= 15 is 0 Å². The summed E-state index contributed by atoms with van der Waals surface area (Å²) in [4.78, 5) is 22.2. The van der Waals surface area contributed by atoms with Crippen molar-refractivity contribution in [1.29, 1.82) is 0 Å². The number of aromatic nitrogens is 2. The summed E-state index contributed by atoms with van der Waals surface area (Å²) in [5.41, 5.74) is 7.57. The Morgan fingerprint density at radius 1 is 0.789 bits per heavy atom. The number of benzene rings is 4. The number of imidazole rings is 1. The number of nitrogens with one attached hydrogen (secondary N) is 1. The molecule has 38 heavy (non-hydrogen) atoms. The molecular weight excluding hydrogens is 474 g/mol. The van der Waals surface area contributed by atoms with Crippen LogP contribution in [0.5, 0.6) is 5.75 Å². The molecule has 0 aliphatic heterocycles. The molecule has 0 saturated carbocycles. The Balaban J connectivity index is 1.14. The first kappa shape index (κ1) is 25.2. The molecule has 1 N–H and O–H groups in total. The number of hydrogen-bond donors (Lipinski definition) is 1. The number of hydrogen-bond acceptors (Lipinski definition) is 4. The third kappa shape index (κ3) is 6.47. The predicted octanol–water partition coefficient (Wildman–Crippen LogP) is 6.88. The van der Waals surface area contributed by atoms with Crippen molar-refractivity contribution in [3.8, 4) is 22.8 Å². The number of carbonyl (C=O) groups excluding carboxylic acids is 1. The van der Waals surface area contributed by atoms with Crippen molar-refractivity contribution in [2.24, 2.45) is 0 Å². The predicted molar refractivity (Wildman–Crippen MR) is 150 cm³/mol. The Hall–Kier alpha value is -4.42. The van der Waals surface area contributed by atoms with Gasteiger partial charge < -0.3 is 4.74 Å². The lowest BCUT2D eigenvalue weighted by Gasteiger charge is -2.11. The van der Waals surface area contributed by atoms with Crippen LogP contribution in [-0.2, 0) is 16.2 Å². The van der Waals surface area contributed by atoms with Gasteiger partial charge in [0.2, 0.25) is 5.91 Å². The molecule has 0 bridgehead atoms. The van der Waals surface area contributed by atoms with Crippen molar-refractivity contribution in [2.75, 3.05) is 6.61 Å². The van der Waals surface area contributed by atoms with E-state index in [0.29, 0.717) is 19.6 Å². The Labute approximate surface area is 222 Å². The molecule has 0 aliphatic carbocycles. The highest BCUT2D eigenvalue weighted by molar-refractivity contribution is 5.84. The number of fused-ring (bicyclic) bond motifs is 1. The van der Waals surface area contributed by atoms with Crippen molar-refractivity contribution < 1.29 is 14.4 Å². The maximum atomic E-state index is 12.0. The SMILES string of the molecule is O=C(CCCCCOc1ccc2nc(-c3ccccc3)n(-c3ccccc3)c2c1)NOCc1ccccc1. The first-order valence-corrected chi connectivity index (χ1v) is 13.0. The molecule has 6 nitrogen and oxygen atoms in total. The summed E-state index contributed by atoms with van der Waals surface area (Å²) in [6, 6.07) is 36.3. The second-order valence-corrected chi connectivity index (χ2v) is 9.08. The zero-order valence-corrected chi connectivity index (χ0v) is 21.3. The van der Waals surface area contributed by atoms with Crippen LogP contribution in [0.4, 0.5) is 0 Å². The maximum absolute atomic E-state index is 12.0.